The van der Waals surface area contributed by atoms with Crippen molar-refractivity contribution in [3.63, 3.8) is 0 Å². The van der Waals surface area contributed by atoms with Crippen LogP contribution in [-0.2, 0) is 0 Å². The Labute approximate surface area is 190 Å². The number of benzene rings is 3. The Morgan fingerprint density at radius 2 is 1.15 bits per heavy atom. The molecule has 0 aliphatic carbocycles. The van der Waals surface area contributed by atoms with Crippen LogP contribution in [0, 0.1) is 0 Å². The Kier molecular flexibility index (Phi) is 5.28. The smallest absolute Gasteiger partial charge is 0.248 e. The highest BCUT2D eigenvalue weighted by atomic mass is 16.5. The summed E-state index contributed by atoms with van der Waals surface area (Å²) in [5, 5.41) is 16.8. The molecule has 0 atom stereocenters. The van der Waals surface area contributed by atoms with Crippen molar-refractivity contribution in [2.75, 3.05) is 7.11 Å². The minimum Gasteiger partial charge on any atom is -0.497 e. The first-order valence-electron chi connectivity index (χ1n) is 10.3. The van der Waals surface area contributed by atoms with Gasteiger partial charge < -0.3 is 13.6 Å². The minimum absolute atomic E-state index is 0.393. The molecule has 33 heavy (non-hydrogen) atoms. The van der Waals surface area contributed by atoms with Gasteiger partial charge in [0.25, 0.3) is 0 Å². The van der Waals surface area contributed by atoms with E-state index >= 15 is 0 Å². The van der Waals surface area contributed by atoms with Crippen molar-refractivity contribution < 1.29 is 13.6 Å². The van der Waals surface area contributed by atoms with Crippen LogP contribution in [0.15, 0.2) is 88.2 Å². The van der Waals surface area contributed by atoms with Crippen molar-refractivity contribution in [2.45, 2.75) is 6.92 Å². The monoisotopic (exact) mass is 436 g/mol. The molecule has 0 saturated carbocycles. The molecule has 0 radical (unpaired) electrons. The molecule has 0 unspecified atom stereocenters. The normalized spacial score (nSPS) is 10.8. The van der Waals surface area contributed by atoms with Gasteiger partial charge in [-0.1, -0.05) is 36.4 Å². The van der Waals surface area contributed by atoms with Crippen LogP contribution in [-0.4, -0.2) is 27.5 Å². The molecule has 0 saturated heterocycles. The van der Waals surface area contributed by atoms with E-state index in [1.54, 1.807) is 7.11 Å². The van der Waals surface area contributed by atoms with E-state index in [-0.39, 0.29) is 0 Å². The molecule has 0 aliphatic rings. The van der Waals surface area contributed by atoms with E-state index in [1.165, 1.54) is 0 Å². The maximum absolute atomic E-state index is 5.92. The van der Waals surface area contributed by atoms with Gasteiger partial charge in [0, 0.05) is 22.3 Å². The molecule has 5 aromatic rings. The molecule has 0 aliphatic heterocycles. The van der Waals surface area contributed by atoms with Crippen LogP contribution >= 0.6 is 0 Å². The lowest BCUT2D eigenvalue weighted by atomic mass is 10.1. The fourth-order valence-corrected chi connectivity index (χ4v) is 3.35. The van der Waals surface area contributed by atoms with Gasteiger partial charge in [-0.3, -0.25) is 0 Å². The molecule has 162 valence electrons. The number of aromatic nitrogens is 4. The van der Waals surface area contributed by atoms with E-state index in [1.807, 2.05) is 79.7 Å². The van der Waals surface area contributed by atoms with Gasteiger partial charge >= 0.3 is 0 Å². The van der Waals surface area contributed by atoms with Crippen LogP contribution in [0.1, 0.15) is 12.5 Å². The van der Waals surface area contributed by atoms with Crippen LogP contribution in [0.5, 0.6) is 5.75 Å². The summed E-state index contributed by atoms with van der Waals surface area (Å²) in [6, 6.07) is 22.9. The molecular weight excluding hydrogens is 416 g/mol. The van der Waals surface area contributed by atoms with E-state index < -0.39 is 0 Å². The second kappa shape index (κ2) is 8.55. The lowest BCUT2D eigenvalue weighted by molar-refractivity contribution is 0.415. The Balaban J connectivity index is 1.41. The molecule has 7 heteroatoms. The number of ether oxygens (including phenoxy) is 1. The summed E-state index contributed by atoms with van der Waals surface area (Å²) in [6.45, 7) is 5.93. The molecule has 2 heterocycles. The number of nitrogens with zero attached hydrogens (tertiary/aromatic N) is 4. The van der Waals surface area contributed by atoms with Gasteiger partial charge in [-0.2, -0.15) is 0 Å². The quantitative estimate of drug-likeness (QED) is 0.315. The van der Waals surface area contributed by atoms with Crippen molar-refractivity contribution in [1.29, 1.82) is 0 Å². The van der Waals surface area contributed by atoms with Gasteiger partial charge in [0.15, 0.2) is 0 Å². The summed E-state index contributed by atoms with van der Waals surface area (Å²) >= 11 is 0. The second-order valence-corrected chi connectivity index (χ2v) is 7.50. The van der Waals surface area contributed by atoms with Crippen molar-refractivity contribution in [1.82, 2.24) is 20.4 Å². The Morgan fingerprint density at radius 1 is 0.667 bits per heavy atom. The van der Waals surface area contributed by atoms with Crippen LogP contribution in [0.4, 0.5) is 0 Å². The number of rotatable bonds is 6. The van der Waals surface area contributed by atoms with Crippen LogP contribution in [0.2, 0.25) is 0 Å². The standard InChI is InChI=1S/C26H20N4O3/c1-16(2)17-10-12-18(13-11-17)23-27-28-24(32-23)19-6-4-7-20(14-19)25-29-30-26(33-25)21-8-5-9-22(15-21)31-3/h4-15H,1H2,2-3H3. The summed E-state index contributed by atoms with van der Waals surface area (Å²) in [7, 11) is 1.62. The fraction of sp³-hybridized carbons (Fsp3) is 0.0769. The molecule has 2 aromatic heterocycles. The minimum atomic E-state index is 0.393. The molecule has 0 bridgehead atoms. The van der Waals surface area contributed by atoms with Gasteiger partial charge in [-0.05, 0) is 61.0 Å². The van der Waals surface area contributed by atoms with Gasteiger partial charge in [0.1, 0.15) is 5.75 Å². The SMILES string of the molecule is C=C(C)c1ccc(-c2nnc(-c3cccc(-c4nnc(-c5cccc(OC)c5)o4)c3)o2)cc1. The summed E-state index contributed by atoms with van der Waals surface area (Å²) in [4.78, 5) is 0. The van der Waals surface area contributed by atoms with Crippen molar-refractivity contribution in [2.24, 2.45) is 0 Å². The van der Waals surface area contributed by atoms with Crippen LogP contribution in [0.25, 0.3) is 51.4 Å². The highest BCUT2D eigenvalue weighted by molar-refractivity contribution is 5.67. The van der Waals surface area contributed by atoms with Crippen molar-refractivity contribution in [3.8, 4) is 51.6 Å². The molecule has 0 spiro atoms. The molecule has 0 N–H and O–H groups in total. The van der Waals surface area contributed by atoms with E-state index in [4.69, 9.17) is 13.6 Å². The van der Waals surface area contributed by atoms with E-state index in [0.29, 0.717) is 23.6 Å². The molecular formula is C26H20N4O3. The molecule has 5 rings (SSSR count). The van der Waals surface area contributed by atoms with Crippen molar-refractivity contribution >= 4 is 5.57 Å². The number of hydrogen-bond donors (Lipinski definition) is 0. The Morgan fingerprint density at radius 3 is 1.67 bits per heavy atom. The highest BCUT2D eigenvalue weighted by Crippen LogP contribution is 2.30. The average Bonchev–Trinajstić information content (AvgIpc) is 3.55. The fourth-order valence-electron chi connectivity index (χ4n) is 3.35. The summed E-state index contributed by atoms with van der Waals surface area (Å²) in [5.74, 6) is 2.37. The van der Waals surface area contributed by atoms with Gasteiger partial charge in [0.05, 0.1) is 7.11 Å². The van der Waals surface area contributed by atoms with Crippen molar-refractivity contribution in [3.05, 3.63) is 84.9 Å². The van der Waals surface area contributed by atoms with Gasteiger partial charge in [0.2, 0.25) is 23.6 Å². The predicted molar refractivity (Wildman–Crippen MR) is 125 cm³/mol. The van der Waals surface area contributed by atoms with E-state index in [2.05, 4.69) is 27.0 Å². The average molecular weight is 436 g/mol. The van der Waals surface area contributed by atoms with Crippen LogP contribution < -0.4 is 4.74 Å². The lowest BCUT2D eigenvalue weighted by Gasteiger charge is -2.01. The first-order chi connectivity index (χ1) is 16.1. The summed E-state index contributed by atoms with van der Waals surface area (Å²) in [6.07, 6.45) is 0. The van der Waals surface area contributed by atoms with Gasteiger partial charge in [-0.25, -0.2) is 0 Å². The zero-order chi connectivity index (χ0) is 22.8. The highest BCUT2D eigenvalue weighted by Gasteiger charge is 2.15. The number of methoxy groups -OCH3 is 1. The number of hydrogen-bond acceptors (Lipinski definition) is 7. The first kappa shape index (κ1) is 20.4. The summed E-state index contributed by atoms with van der Waals surface area (Å²) in [5.41, 5.74) is 5.20. The predicted octanol–water partition coefficient (Wildman–Crippen LogP) is 6.16. The van der Waals surface area contributed by atoms with E-state index in [0.717, 1.165) is 39.1 Å². The first-order valence-corrected chi connectivity index (χ1v) is 10.3. The maximum atomic E-state index is 5.92. The molecule has 3 aromatic carbocycles. The zero-order valence-corrected chi connectivity index (χ0v) is 18.1. The molecule has 7 nitrogen and oxygen atoms in total. The third kappa shape index (κ3) is 4.16. The van der Waals surface area contributed by atoms with Gasteiger partial charge in [-0.15, -0.1) is 20.4 Å². The lowest BCUT2D eigenvalue weighted by Crippen LogP contribution is -1.83. The molecule has 0 amide bonds. The molecule has 0 fully saturated rings. The van der Waals surface area contributed by atoms with E-state index in [9.17, 15) is 0 Å². The Hall–Kier alpha value is -4.52. The number of allylic oxidation sites excluding steroid dienone is 1. The topological polar surface area (TPSA) is 87.1 Å². The third-order valence-electron chi connectivity index (χ3n) is 5.15. The summed E-state index contributed by atoms with van der Waals surface area (Å²) < 4.78 is 17.1. The third-order valence-corrected chi connectivity index (χ3v) is 5.15. The largest absolute Gasteiger partial charge is 0.497 e. The maximum Gasteiger partial charge on any atom is 0.248 e. The second-order valence-electron chi connectivity index (χ2n) is 7.50. The zero-order valence-electron chi connectivity index (χ0n) is 18.1. The van der Waals surface area contributed by atoms with Crippen LogP contribution in [0.3, 0.4) is 0 Å². The Bertz CT molecular complexity index is 1430.